The lowest BCUT2D eigenvalue weighted by molar-refractivity contribution is 0.0828. The number of thiazole rings is 1. The van der Waals surface area contributed by atoms with Gasteiger partial charge < -0.3 is 25.0 Å². The summed E-state index contributed by atoms with van der Waals surface area (Å²) >= 11 is 1.37. The van der Waals surface area contributed by atoms with Crippen molar-refractivity contribution in [2.75, 3.05) is 43.0 Å². The molecule has 2 aromatic carbocycles. The second-order valence-corrected chi connectivity index (χ2v) is 15.8. The van der Waals surface area contributed by atoms with Gasteiger partial charge in [0, 0.05) is 68.0 Å². The van der Waals surface area contributed by atoms with Crippen molar-refractivity contribution in [2.24, 2.45) is 0 Å². The summed E-state index contributed by atoms with van der Waals surface area (Å²) in [5.41, 5.74) is 0.991. The first-order valence-corrected chi connectivity index (χ1v) is 18.2. The minimum absolute atomic E-state index is 0.000208. The van der Waals surface area contributed by atoms with Crippen molar-refractivity contribution >= 4 is 44.4 Å². The molecule has 2 fully saturated rings. The third-order valence-corrected chi connectivity index (χ3v) is 11.2. The minimum atomic E-state index is -4.04. The highest BCUT2D eigenvalue weighted by molar-refractivity contribution is 7.89. The van der Waals surface area contributed by atoms with E-state index in [2.05, 4.69) is 24.8 Å². The first-order valence-electron chi connectivity index (χ1n) is 15.9. The molecule has 1 atom stereocenters. The number of amides is 2. The van der Waals surface area contributed by atoms with Crippen LogP contribution in [0.4, 0.5) is 20.4 Å². The van der Waals surface area contributed by atoms with Crippen LogP contribution in [0.15, 0.2) is 59.6 Å². The maximum absolute atomic E-state index is 13.8. The molecule has 1 unspecified atom stereocenters. The topological polar surface area (TPSA) is 144 Å². The second kappa shape index (κ2) is 14.6. The molecule has 3 aromatic rings. The number of carbonyl (C=O) groups is 2. The number of carboxylic acid groups (broad SMARTS) is 1. The van der Waals surface area contributed by atoms with Gasteiger partial charge in [0.15, 0.2) is 5.13 Å². The minimum Gasteiger partial charge on any atom is -0.465 e. The van der Waals surface area contributed by atoms with Crippen LogP contribution >= 0.6 is 11.3 Å². The molecule has 3 N–H and O–H groups in total. The number of likely N-dealkylation sites (tertiary alicyclic amines) is 1. The van der Waals surface area contributed by atoms with Gasteiger partial charge >= 0.3 is 12.2 Å². The van der Waals surface area contributed by atoms with Crippen LogP contribution in [0.5, 0.6) is 0 Å². The molecule has 12 nitrogen and oxygen atoms in total. The molecule has 0 bridgehead atoms. The Labute approximate surface area is 280 Å². The zero-order chi connectivity index (χ0) is 33.8. The van der Waals surface area contributed by atoms with E-state index in [4.69, 9.17) is 4.74 Å². The Morgan fingerprint density at radius 3 is 2.45 bits per heavy atom. The van der Waals surface area contributed by atoms with Gasteiger partial charge in [-0.2, -0.15) is 0 Å². The van der Waals surface area contributed by atoms with Crippen LogP contribution in [0, 0.1) is 0 Å². The van der Waals surface area contributed by atoms with E-state index in [1.54, 1.807) is 39.1 Å². The van der Waals surface area contributed by atoms with Crippen molar-refractivity contribution in [1.82, 2.24) is 19.9 Å². The van der Waals surface area contributed by atoms with E-state index < -0.39 is 27.7 Å². The van der Waals surface area contributed by atoms with Crippen LogP contribution in [0.2, 0.25) is 0 Å². The summed E-state index contributed by atoms with van der Waals surface area (Å²) in [6.07, 6.45) is 3.02. The normalized spacial score (nSPS) is 17.9. The molecule has 0 spiro atoms. The first kappa shape index (κ1) is 34.6. The monoisotopic (exact) mass is 684 g/mol. The zero-order valence-corrected chi connectivity index (χ0v) is 28.9. The molecule has 1 aromatic heterocycles. The van der Waals surface area contributed by atoms with Gasteiger partial charge in [0.25, 0.3) is 0 Å². The van der Waals surface area contributed by atoms with Crippen LogP contribution in [-0.2, 0) is 21.3 Å². The van der Waals surface area contributed by atoms with Crippen LogP contribution in [0.3, 0.4) is 0 Å². The Morgan fingerprint density at radius 2 is 1.81 bits per heavy atom. The number of benzene rings is 2. The number of rotatable bonds is 10. The standard InChI is InChI=1S/C33H44N6O6S2/c1-33(2,3)36-47(43,44)29-19-24(39(32(41)42)22-25-11-8-16-37(25)4)12-13-27(29)28-21-34-30(46-28)38-17-14-26(15-18-38)45-31(40)35-20-23-9-6-5-7-10-23/h5-7,9-10,12-13,19,21,25-26,36H,8,11,14-18,20,22H2,1-4H3,(H,35,40)(H,41,42). The van der Waals surface area contributed by atoms with Crippen molar-refractivity contribution in [3.63, 3.8) is 0 Å². The Balaban J connectivity index is 1.31. The molecule has 0 radical (unpaired) electrons. The lowest BCUT2D eigenvalue weighted by atomic mass is 10.1. The molecule has 3 heterocycles. The smallest absolute Gasteiger partial charge is 0.411 e. The van der Waals surface area contributed by atoms with Gasteiger partial charge in [0.1, 0.15) is 6.10 Å². The molecule has 47 heavy (non-hydrogen) atoms. The quantitative estimate of drug-likeness (QED) is 0.257. The van der Waals surface area contributed by atoms with Crippen LogP contribution in [-0.4, -0.2) is 86.5 Å². The Bertz CT molecular complexity index is 1650. The number of ether oxygens (including phenoxy) is 1. The Hall–Kier alpha value is -3.72. The fourth-order valence-electron chi connectivity index (χ4n) is 5.94. The molecule has 254 valence electrons. The summed E-state index contributed by atoms with van der Waals surface area (Å²) in [7, 11) is -2.07. The number of hydrogen-bond donors (Lipinski definition) is 3. The highest BCUT2D eigenvalue weighted by atomic mass is 32.2. The van der Waals surface area contributed by atoms with Gasteiger partial charge in [0.2, 0.25) is 10.0 Å². The largest absolute Gasteiger partial charge is 0.465 e. The molecule has 5 rings (SSSR count). The number of aromatic nitrogens is 1. The van der Waals surface area contributed by atoms with E-state index in [1.165, 1.54) is 22.3 Å². The zero-order valence-electron chi connectivity index (χ0n) is 27.3. The molecule has 2 amide bonds. The van der Waals surface area contributed by atoms with Crippen molar-refractivity contribution in [1.29, 1.82) is 0 Å². The average molecular weight is 685 g/mol. The molecule has 2 saturated heterocycles. The van der Waals surface area contributed by atoms with E-state index in [-0.39, 0.29) is 23.6 Å². The van der Waals surface area contributed by atoms with E-state index in [9.17, 15) is 23.1 Å². The molecule has 2 aliphatic heterocycles. The fourth-order valence-corrected chi connectivity index (χ4v) is 8.67. The number of alkyl carbamates (subject to hydrolysis) is 1. The number of nitrogens with one attached hydrogen (secondary N) is 2. The molecule has 0 saturated carbocycles. The van der Waals surface area contributed by atoms with Crippen LogP contribution < -0.4 is 19.8 Å². The van der Waals surface area contributed by atoms with Crippen molar-refractivity contribution in [3.05, 3.63) is 60.3 Å². The summed E-state index contributed by atoms with van der Waals surface area (Å²) in [5.74, 6) is 0. The average Bonchev–Trinajstić information content (AvgIpc) is 3.67. The number of anilines is 2. The summed E-state index contributed by atoms with van der Waals surface area (Å²) in [6, 6.07) is 14.5. The predicted octanol–water partition coefficient (Wildman–Crippen LogP) is 5.36. The van der Waals surface area contributed by atoms with Gasteiger partial charge in [-0.15, -0.1) is 0 Å². The summed E-state index contributed by atoms with van der Waals surface area (Å²) in [5, 5.41) is 13.7. The third kappa shape index (κ3) is 9.01. The van der Waals surface area contributed by atoms with Gasteiger partial charge in [-0.3, -0.25) is 4.90 Å². The van der Waals surface area contributed by atoms with E-state index in [0.29, 0.717) is 48.6 Å². The van der Waals surface area contributed by atoms with Crippen LogP contribution in [0.25, 0.3) is 10.4 Å². The highest BCUT2D eigenvalue weighted by Gasteiger charge is 2.31. The fraction of sp³-hybridized carbons (Fsp3) is 0.485. The van der Waals surface area contributed by atoms with Gasteiger partial charge in [-0.25, -0.2) is 27.7 Å². The van der Waals surface area contributed by atoms with Crippen molar-refractivity contribution in [3.8, 4) is 10.4 Å². The van der Waals surface area contributed by atoms with Crippen molar-refractivity contribution in [2.45, 2.75) is 75.6 Å². The maximum Gasteiger partial charge on any atom is 0.411 e. The van der Waals surface area contributed by atoms with E-state index >= 15 is 0 Å². The Kier molecular flexibility index (Phi) is 10.7. The molecular formula is C33H44N6O6S2. The number of carbonyl (C=O) groups excluding carboxylic acids is 1. The number of nitrogens with zero attached hydrogens (tertiary/aromatic N) is 4. The number of piperidine rings is 1. The molecular weight excluding hydrogens is 641 g/mol. The number of hydrogen-bond acceptors (Lipinski definition) is 9. The first-order chi connectivity index (χ1) is 22.3. The third-order valence-electron chi connectivity index (χ3n) is 8.33. The van der Waals surface area contributed by atoms with Gasteiger partial charge in [-0.05, 0) is 64.9 Å². The van der Waals surface area contributed by atoms with E-state index in [0.717, 1.165) is 30.1 Å². The molecule has 0 aliphatic carbocycles. The van der Waals surface area contributed by atoms with Gasteiger partial charge in [-0.1, -0.05) is 47.7 Å². The van der Waals surface area contributed by atoms with E-state index in [1.807, 2.05) is 37.4 Å². The molecule has 14 heteroatoms. The lowest BCUT2D eigenvalue weighted by Crippen LogP contribution is -2.42. The summed E-state index contributed by atoms with van der Waals surface area (Å²) in [4.78, 5) is 35.5. The number of likely N-dealkylation sites (N-methyl/N-ethyl adjacent to an activating group) is 1. The highest BCUT2D eigenvalue weighted by Crippen LogP contribution is 2.38. The maximum atomic E-state index is 13.8. The second-order valence-electron chi connectivity index (χ2n) is 13.1. The summed E-state index contributed by atoms with van der Waals surface area (Å²) < 4.78 is 35.9. The lowest BCUT2D eigenvalue weighted by Gasteiger charge is -2.31. The van der Waals surface area contributed by atoms with Crippen LogP contribution in [0.1, 0.15) is 52.0 Å². The van der Waals surface area contributed by atoms with Crippen molar-refractivity contribution < 1.29 is 27.9 Å². The Morgan fingerprint density at radius 1 is 1.09 bits per heavy atom. The molecule has 2 aliphatic rings. The van der Waals surface area contributed by atoms with Gasteiger partial charge in [0.05, 0.1) is 9.77 Å². The number of sulfonamides is 1. The SMILES string of the molecule is CN1CCCC1CN(C(=O)O)c1ccc(-c2cnc(N3CCC(OC(=O)NCc4ccccc4)CC3)s2)c(S(=O)(=O)NC(C)(C)C)c1. The summed E-state index contributed by atoms with van der Waals surface area (Å²) in [6.45, 7) is 8.09. The predicted molar refractivity (Wildman–Crippen MR) is 184 cm³/mol.